The standard InChI is InChI=1S/C9H13NO4S/c1-7(11)10-15(12,13)9-5-3-8(14-2)4-6-9/h3-7,10-11H,1-2H3. The zero-order valence-corrected chi connectivity index (χ0v) is 9.28. The van der Waals surface area contributed by atoms with Gasteiger partial charge < -0.3 is 9.84 Å². The minimum absolute atomic E-state index is 0.0872. The van der Waals surface area contributed by atoms with Gasteiger partial charge in [0, 0.05) is 0 Å². The van der Waals surface area contributed by atoms with Gasteiger partial charge in [-0.15, -0.1) is 0 Å². The second-order valence-electron chi connectivity index (χ2n) is 2.97. The van der Waals surface area contributed by atoms with Crippen molar-refractivity contribution >= 4 is 10.0 Å². The fraction of sp³-hybridized carbons (Fsp3) is 0.333. The molecule has 0 saturated heterocycles. The van der Waals surface area contributed by atoms with Gasteiger partial charge >= 0.3 is 0 Å². The average Bonchev–Trinajstić information content (AvgIpc) is 2.16. The lowest BCUT2D eigenvalue weighted by Gasteiger charge is -2.08. The van der Waals surface area contributed by atoms with Crippen molar-refractivity contribution < 1.29 is 18.3 Å². The molecule has 0 bridgehead atoms. The van der Waals surface area contributed by atoms with E-state index in [4.69, 9.17) is 9.84 Å². The van der Waals surface area contributed by atoms with Crippen molar-refractivity contribution in [1.29, 1.82) is 0 Å². The van der Waals surface area contributed by atoms with Crippen molar-refractivity contribution in [1.82, 2.24) is 4.72 Å². The summed E-state index contributed by atoms with van der Waals surface area (Å²) in [7, 11) is -2.14. The monoisotopic (exact) mass is 231 g/mol. The highest BCUT2D eigenvalue weighted by Gasteiger charge is 2.15. The molecule has 0 heterocycles. The summed E-state index contributed by atoms with van der Waals surface area (Å²) in [6, 6.07) is 5.89. The number of hydrogen-bond acceptors (Lipinski definition) is 4. The quantitative estimate of drug-likeness (QED) is 0.731. The van der Waals surface area contributed by atoms with Crippen molar-refractivity contribution in [3.05, 3.63) is 24.3 Å². The van der Waals surface area contributed by atoms with Crippen LogP contribution in [0.5, 0.6) is 5.75 Å². The fourth-order valence-corrected chi connectivity index (χ4v) is 2.13. The highest BCUT2D eigenvalue weighted by Crippen LogP contribution is 2.15. The molecular weight excluding hydrogens is 218 g/mol. The highest BCUT2D eigenvalue weighted by atomic mass is 32.2. The van der Waals surface area contributed by atoms with E-state index in [0.717, 1.165) is 0 Å². The maximum Gasteiger partial charge on any atom is 0.242 e. The van der Waals surface area contributed by atoms with Gasteiger partial charge in [0.2, 0.25) is 10.0 Å². The summed E-state index contributed by atoms with van der Waals surface area (Å²) >= 11 is 0. The number of aliphatic hydroxyl groups is 1. The Hall–Kier alpha value is -1.11. The Balaban J connectivity index is 2.96. The molecule has 2 N–H and O–H groups in total. The lowest BCUT2D eigenvalue weighted by atomic mass is 10.3. The van der Waals surface area contributed by atoms with Crippen molar-refractivity contribution in [3.8, 4) is 5.75 Å². The minimum Gasteiger partial charge on any atom is -0.497 e. The van der Waals surface area contributed by atoms with Crippen LogP contribution in [0, 0.1) is 0 Å². The summed E-state index contributed by atoms with van der Waals surface area (Å²) in [6.45, 7) is 1.33. The molecular formula is C9H13NO4S. The van der Waals surface area contributed by atoms with Crippen molar-refractivity contribution in [2.75, 3.05) is 7.11 Å². The first-order valence-corrected chi connectivity index (χ1v) is 5.78. The summed E-state index contributed by atoms with van der Waals surface area (Å²) in [5, 5.41) is 8.94. The van der Waals surface area contributed by atoms with Gasteiger partial charge in [0.05, 0.1) is 12.0 Å². The van der Waals surface area contributed by atoms with E-state index >= 15 is 0 Å². The van der Waals surface area contributed by atoms with Crippen molar-refractivity contribution in [2.24, 2.45) is 0 Å². The first-order chi connectivity index (χ1) is 6.95. The van der Waals surface area contributed by atoms with Gasteiger partial charge in [0.15, 0.2) is 0 Å². The number of ether oxygens (including phenoxy) is 1. The predicted octanol–water partition coefficient (Wildman–Crippen LogP) is 0.312. The lowest BCUT2D eigenvalue weighted by molar-refractivity contribution is 0.184. The fourth-order valence-electron chi connectivity index (χ4n) is 1.05. The molecule has 1 unspecified atom stereocenters. The Morgan fingerprint density at radius 1 is 1.33 bits per heavy atom. The molecule has 1 atom stereocenters. The van der Waals surface area contributed by atoms with Gasteiger partial charge in [-0.05, 0) is 31.2 Å². The van der Waals surface area contributed by atoms with E-state index in [-0.39, 0.29) is 4.90 Å². The second kappa shape index (κ2) is 4.61. The maximum atomic E-state index is 11.5. The Morgan fingerprint density at radius 2 is 1.87 bits per heavy atom. The number of aliphatic hydroxyl groups excluding tert-OH is 1. The van der Waals surface area contributed by atoms with Crippen LogP contribution in [0.3, 0.4) is 0 Å². The van der Waals surface area contributed by atoms with Crippen LogP contribution in [0.2, 0.25) is 0 Å². The van der Waals surface area contributed by atoms with E-state index in [1.165, 1.54) is 38.3 Å². The number of rotatable bonds is 4. The summed E-state index contributed by atoms with van der Waals surface area (Å²) < 4.78 is 30.0. The SMILES string of the molecule is COc1ccc(S(=O)(=O)NC(C)O)cc1. The molecule has 0 radical (unpaired) electrons. The first-order valence-electron chi connectivity index (χ1n) is 4.30. The molecule has 1 aromatic carbocycles. The number of nitrogens with one attached hydrogen (secondary N) is 1. The highest BCUT2D eigenvalue weighted by molar-refractivity contribution is 7.89. The van der Waals surface area contributed by atoms with Gasteiger partial charge in [-0.3, -0.25) is 0 Å². The summed E-state index contributed by atoms with van der Waals surface area (Å²) in [5.74, 6) is 0.575. The minimum atomic E-state index is -3.64. The van der Waals surface area contributed by atoms with E-state index in [9.17, 15) is 8.42 Å². The van der Waals surface area contributed by atoms with E-state index in [1.54, 1.807) is 0 Å². The summed E-state index contributed by atoms with van der Waals surface area (Å²) in [5.41, 5.74) is 0. The van der Waals surface area contributed by atoms with Crippen LogP contribution < -0.4 is 9.46 Å². The van der Waals surface area contributed by atoms with Crippen LogP contribution in [0.4, 0.5) is 0 Å². The molecule has 15 heavy (non-hydrogen) atoms. The number of hydrogen-bond donors (Lipinski definition) is 2. The van der Waals surface area contributed by atoms with Gasteiger partial charge in [0.25, 0.3) is 0 Å². The molecule has 0 aliphatic heterocycles. The molecule has 0 amide bonds. The van der Waals surface area contributed by atoms with Gasteiger partial charge in [-0.25, -0.2) is 8.42 Å². The summed E-state index contributed by atoms with van der Waals surface area (Å²) in [6.07, 6.45) is -1.11. The molecule has 1 aromatic rings. The van der Waals surface area contributed by atoms with E-state index < -0.39 is 16.3 Å². The van der Waals surface area contributed by atoms with E-state index in [1.807, 2.05) is 0 Å². The molecule has 84 valence electrons. The van der Waals surface area contributed by atoms with Crippen molar-refractivity contribution in [2.45, 2.75) is 18.0 Å². The Morgan fingerprint density at radius 3 is 2.27 bits per heavy atom. The molecule has 0 aliphatic carbocycles. The predicted molar refractivity (Wildman–Crippen MR) is 55.0 cm³/mol. The first kappa shape index (κ1) is 12.0. The zero-order chi connectivity index (χ0) is 11.5. The molecule has 0 saturated carbocycles. The molecule has 5 nitrogen and oxygen atoms in total. The van der Waals surface area contributed by atoms with E-state index in [0.29, 0.717) is 5.75 Å². The zero-order valence-electron chi connectivity index (χ0n) is 8.47. The maximum absolute atomic E-state index is 11.5. The molecule has 0 aromatic heterocycles. The number of methoxy groups -OCH3 is 1. The third kappa shape index (κ3) is 3.19. The molecule has 0 aliphatic rings. The largest absolute Gasteiger partial charge is 0.497 e. The van der Waals surface area contributed by atoms with Crippen LogP contribution in [-0.2, 0) is 10.0 Å². The average molecular weight is 231 g/mol. The van der Waals surface area contributed by atoms with Crippen LogP contribution in [0.25, 0.3) is 0 Å². The normalized spacial score (nSPS) is 13.5. The van der Waals surface area contributed by atoms with Crippen LogP contribution in [0.15, 0.2) is 29.2 Å². The molecule has 0 spiro atoms. The van der Waals surface area contributed by atoms with Crippen LogP contribution >= 0.6 is 0 Å². The van der Waals surface area contributed by atoms with Crippen LogP contribution in [-0.4, -0.2) is 26.9 Å². The third-order valence-electron chi connectivity index (χ3n) is 1.70. The van der Waals surface area contributed by atoms with Gasteiger partial charge in [0.1, 0.15) is 12.0 Å². The Kier molecular flexibility index (Phi) is 3.67. The molecule has 6 heteroatoms. The van der Waals surface area contributed by atoms with Gasteiger partial charge in [-0.2, -0.15) is 4.72 Å². The smallest absolute Gasteiger partial charge is 0.242 e. The molecule has 0 fully saturated rings. The second-order valence-corrected chi connectivity index (χ2v) is 4.69. The van der Waals surface area contributed by atoms with Crippen molar-refractivity contribution in [3.63, 3.8) is 0 Å². The van der Waals surface area contributed by atoms with Crippen LogP contribution in [0.1, 0.15) is 6.92 Å². The Labute approximate surface area is 88.7 Å². The Bertz CT molecular complexity index is 410. The van der Waals surface area contributed by atoms with Gasteiger partial charge in [-0.1, -0.05) is 0 Å². The summed E-state index contributed by atoms with van der Waals surface area (Å²) in [4.78, 5) is 0.0872. The topological polar surface area (TPSA) is 75.6 Å². The lowest BCUT2D eigenvalue weighted by Crippen LogP contribution is -2.32. The number of sulfonamides is 1. The van der Waals surface area contributed by atoms with E-state index in [2.05, 4.69) is 4.72 Å². The number of benzene rings is 1. The molecule has 1 rings (SSSR count). The third-order valence-corrected chi connectivity index (χ3v) is 3.24.